The molecule has 2 rings (SSSR count). The smallest absolute Gasteiger partial charge is 0.112 e. The van der Waals surface area contributed by atoms with Gasteiger partial charge in [0.2, 0.25) is 0 Å². The average molecular weight is 303 g/mol. The van der Waals surface area contributed by atoms with E-state index in [4.69, 9.17) is 4.74 Å². The van der Waals surface area contributed by atoms with Crippen LogP contribution in [0.4, 0.5) is 0 Å². The number of ether oxygens (including phenoxy) is 1. The molecule has 0 radical (unpaired) electrons. The number of hydrogen-bond acceptors (Lipinski definition) is 3. The van der Waals surface area contributed by atoms with Crippen molar-refractivity contribution in [1.29, 1.82) is 0 Å². The molecule has 2 atom stereocenters. The normalized spacial score (nSPS) is 29.5. The second-order valence-electron chi connectivity index (χ2n) is 4.73. The molecule has 1 aliphatic heterocycles. The van der Waals surface area contributed by atoms with Gasteiger partial charge in [-0.2, -0.15) is 5.10 Å². The van der Waals surface area contributed by atoms with Crippen molar-refractivity contribution in [3.05, 3.63) is 16.4 Å². The predicted molar refractivity (Wildman–Crippen MR) is 68.7 cm³/mol. The van der Waals surface area contributed by atoms with Crippen molar-refractivity contribution < 1.29 is 9.84 Å². The third-order valence-corrected chi connectivity index (χ3v) is 3.96. The minimum absolute atomic E-state index is 0.153. The van der Waals surface area contributed by atoms with Crippen LogP contribution in [-0.4, -0.2) is 27.6 Å². The first kappa shape index (κ1) is 13.1. The van der Waals surface area contributed by atoms with Crippen LogP contribution in [0.15, 0.2) is 10.7 Å². The first-order valence-electron chi connectivity index (χ1n) is 6.09. The van der Waals surface area contributed by atoms with Crippen LogP contribution >= 0.6 is 15.9 Å². The number of halogens is 1. The molecular formula is C12H19BrN2O2. The fraction of sp³-hybridized carbons (Fsp3) is 0.750. The summed E-state index contributed by atoms with van der Waals surface area (Å²) in [6.07, 6.45) is 5.24. The van der Waals surface area contributed by atoms with E-state index in [0.29, 0.717) is 19.4 Å². The van der Waals surface area contributed by atoms with Crippen molar-refractivity contribution in [3.63, 3.8) is 0 Å². The Morgan fingerprint density at radius 3 is 3.06 bits per heavy atom. The highest BCUT2D eigenvalue weighted by Crippen LogP contribution is 2.38. The molecule has 4 nitrogen and oxygen atoms in total. The van der Waals surface area contributed by atoms with Gasteiger partial charge in [0.15, 0.2) is 0 Å². The molecular weight excluding hydrogens is 284 g/mol. The number of aromatic nitrogens is 2. The lowest BCUT2D eigenvalue weighted by Gasteiger charge is -2.37. The molecule has 17 heavy (non-hydrogen) atoms. The Kier molecular flexibility index (Phi) is 3.90. The summed E-state index contributed by atoms with van der Waals surface area (Å²) >= 11 is 3.46. The summed E-state index contributed by atoms with van der Waals surface area (Å²) in [7, 11) is 1.86. The summed E-state index contributed by atoms with van der Waals surface area (Å²) in [5.74, 6) is 0. The number of aliphatic hydroxyl groups is 1. The van der Waals surface area contributed by atoms with Crippen LogP contribution in [0.25, 0.3) is 0 Å². The Morgan fingerprint density at radius 2 is 2.47 bits per heavy atom. The molecule has 0 saturated carbocycles. The van der Waals surface area contributed by atoms with Gasteiger partial charge in [0.05, 0.1) is 29.1 Å². The molecule has 0 spiro atoms. The zero-order valence-electron chi connectivity index (χ0n) is 10.3. The first-order chi connectivity index (χ1) is 8.07. The van der Waals surface area contributed by atoms with Gasteiger partial charge in [-0.15, -0.1) is 0 Å². The quantitative estimate of drug-likeness (QED) is 0.932. The van der Waals surface area contributed by atoms with E-state index in [2.05, 4.69) is 28.0 Å². The lowest BCUT2D eigenvalue weighted by Crippen LogP contribution is -2.40. The van der Waals surface area contributed by atoms with Gasteiger partial charge >= 0.3 is 0 Å². The molecule has 0 aromatic carbocycles. The van der Waals surface area contributed by atoms with E-state index < -0.39 is 5.60 Å². The lowest BCUT2D eigenvalue weighted by atomic mass is 9.86. The van der Waals surface area contributed by atoms with Gasteiger partial charge < -0.3 is 9.84 Å². The van der Waals surface area contributed by atoms with E-state index in [1.54, 1.807) is 10.9 Å². The largest absolute Gasteiger partial charge is 0.383 e. The highest BCUT2D eigenvalue weighted by molar-refractivity contribution is 9.10. The minimum atomic E-state index is -0.817. The van der Waals surface area contributed by atoms with Gasteiger partial charge in [-0.3, -0.25) is 4.68 Å². The number of hydrogen-bond donors (Lipinski definition) is 1. The first-order valence-corrected chi connectivity index (χ1v) is 6.88. The maximum atomic E-state index is 10.8. The molecule has 0 aliphatic carbocycles. The van der Waals surface area contributed by atoms with E-state index in [1.165, 1.54) is 0 Å². The van der Waals surface area contributed by atoms with Crippen molar-refractivity contribution in [2.24, 2.45) is 7.05 Å². The molecule has 96 valence electrons. The Bertz CT molecular complexity index is 372. The fourth-order valence-corrected chi connectivity index (χ4v) is 3.31. The molecule has 1 aromatic rings. The molecule has 0 amide bonds. The maximum absolute atomic E-state index is 10.8. The molecule has 1 aromatic heterocycles. The summed E-state index contributed by atoms with van der Waals surface area (Å²) < 4.78 is 8.31. The van der Waals surface area contributed by atoms with Crippen LogP contribution in [0.3, 0.4) is 0 Å². The number of nitrogens with zero attached hydrogens (tertiary/aromatic N) is 2. The van der Waals surface area contributed by atoms with Crippen molar-refractivity contribution in [1.82, 2.24) is 9.78 Å². The van der Waals surface area contributed by atoms with Gasteiger partial charge in [-0.1, -0.05) is 13.3 Å². The predicted octanol–water partition coefficient (Wildman–Crippen LogP) is 2.35. The van der Waals surface area contributed by atoms with E-state index in [1.807, 2.05) is 7.05 Å². The van der Waals surface area contributed by atoms with Crippen LogP contribution in [0.2, 0.25) is 0 Å². The third kappa shape index (κ3) is 2.56. The lowest BCUT2D eigenvalue weighted by molar-refractivity contribution is -0.113. The molecule has 2 heterocycles. The molecule has 1 saturated heterocycles. The Morgan fingerprint density at radius 1 is 1.71 bits per heavy atom. The van der Waals surface area contributed by atoms with Gasteiger partial charge in [0.1, 0.15) is 5.60 Å². The molecule has 1 N–H and O–H groups in total. The van der Waals surface area contributed by atoms with Crippen LogP contribution < -0.4 is 0 Å². The Balaban J connectivity index is 2.23. The van der Waals surface area contributed by atoms with Gasteiger partial charge in [0, 0.05) is 19.9 Å². The van der Waals surface area contributed by atoms with E-state index in [9.17, 15) is 5.11 Å². The van der Waals surface area contributed by atoms with Crippen LogP contribution in [0, 0.1) is 0 Å². The van der Waals surface area contributed by atoms with Gasteiger partial charge in [0.25, 0.3) is 0 Å². The van der Waals surface area contributed by atoms with Crippen LogP contribution in [0.1, 0.15) is 38.3 Å². The number of aryl methyl sites for hydroxylation is 1. The van der Waals surface area contributed by atoms with E-state index >= 15 is 0 Å². The summed E-state index contributed by atoms with van der Waals surface area (Å²) in [5.41, 5.74) is 0.0456. The van der Waals surface area contributed by atoms with Gasteiger partial charge in [-0.25, -0.2) is 0 Å². The maximum Gasteiger partial charge on any atom is 0.112 e. The summed E-state index contributed by atoms with van der Waals surface area (Å²) in [4.78, 5) is 0. The van der Waals surface area contributed by atoms with Gasteiger partial charge in [-0.05, 0) is 22.4 Å². The second kappa shape index (κ2) is 5.08. The average Bonchev–Trinajstić information content (AvgIpc) is 2.59. The monoisotopic (exact) mass is 302 g/mol. The Hall–Kier alpha value is -0.390. The van der Waals surface area contributed by atoms with E-state index in [0.717, 1.165) is 23.0 Å². The topological polar surface area (TPSA) is 47.3 Å². The highest BCUT2D eigenvalue weighted by Gasteiger charge is 2.39. The third-order valence-electron chi connectivity index (χ3n) is 3.38. The standard InChI is InChI=1S/C12H19BrN2O2/c1-3-4-9-7-12(16,5-6-17-9)11-10(13)8-14-15(11)2/h8-9,16H,3-7H2,1-2H3. The summed E-state index contributed by atoms with van der Waals surface area (Å²) in [6, 6.07) is 0. The molecule has 0 bridgehead atoms. The molecule has 2 unspecified atom stereocenters. The fourth-order valence-electron chi connectivity index (χ4n) is 2.59. The molecule has 5 heteroatoms. The summed E-state index contributed by atoms with van der Waals surface area (Å²) in [6.45, 7) is 2.75. The zero-order valence-corrected chi connectivity index (χ0v) is 11.9. The molecule has 1 aliphatic rings. The highest BCUT2D eigenvalue weighted by atomic mass is 79.9. The van der Waals surface area contributed by atoms with Crippen molar-refractivity contribution in [2.45, 2.75) is 44.3 Å². The van der Waals surface area contributed by atoms with Crippen molar-refractivity contribution in [3.8, 4) is 0 Å². The van der Waals surface area contributed by atoms with Crippen LogP contribution in [0.5, 0.6) is 0 Å². The number of rotatable bonds is 3. The SMILES string of the molecule is CCCC1CC(O)(c2c(Br)cnn2C)CCO1. The minimum Gasteiger partial charge on any atom is -0.383 e. The van der Waals surface area contributed by atoms with Crippen molar-refractivity contribution in [2.75, 3.05) is 6.61 Å². The second-order valence-corrected chi connectivity index (χ2v) is 5.59. The molecule has 1 fully saturated rings. The zero-order chi connectivity index (χ0) is 12.5. The van der Waals surface area contributed by atoms with E-state index in [-0.39, 0.29) is 6.10 Å². The Labute approximate surface area is 110 Å². The van der Waals surface area contributed by atoms with Crippen molar-refractivity contribution >= 4 is 15.9 Å². The van der Waals surface area contributed by atoms with Crippen LogP contribution in [-0.2, 0) is 17.4 Å². The summed E-state index contributed by atoms with van der Waals surface area (Å²) in [5, 5.41) is 15.0.